The molecule has 1 aliphatic heterocycles. The number of nitrogens with one attached hydrogen (secondary N) is 1. The van der Waals surface area contributed by atoms with Crippen molar-refractivity contribution in [3.8, 4) is 11.3 Å². The van der Waals surface area contributed by atoms with Gasteiger partial charge in [-0.1, -0.05) is 30.3 Å². The monoisotopic (exact) mass is 298 g/mol. The predicted molar refractivity (Wildman–Crippen MR) is 86.3 cm³/mol. The number of hydrogen-bond donors (Lipinski definition) is 2. The summed E-state index contributed by atoms with van der Waals surface area (Å²) in [6.45, 7) is 3.54. The lowest BCUT2D eigenvalue weighted by atomic mass is 9.91. The van der Waals surface area contributed by atoms with E-state index in [0.717, 1.165) is 37.2 Å². The molecule has 0 spiro atoms. The van der Waals surface area contributed by atoms with E-state index in [9.17, 15) is 4.79 Å². The Balaban J connectivity index is 1.83. The maximum absolute atomic E-state index is 12.8. The summed E-state index contributed by atoms with van der Waals surface area (Å²) in [6.07, 6.45) is 3.73. The predicted octanol–water partition coefficient (Wildman–Crippen LogP) is 2.28. The fourth-order valence-electron chi connectivity index (χ4n) is 3.07. The van der Waals surface area contributed by atoms with Crippen molar-refractivity contribution < 1.29 is 4.79 Å². The Morgan fingerprint density at radius 2 is 2.18 bits per heavy atom. The van der Waals surface area contributed by atoms with E-state index in [4.69, 9.17) is 5.73 Å². The maximum Gasteiger partial charge on any atom is 0.257 e. The number of nitrogens with two attached hydrogens (primary N) is 1. The van der Waals surface area contributed by atoms with Gasteiger partial charge in [-0.25, -0.2) is 0 Å². The molecule has 22 heavy (non-hydrogen) atoms. The van der Waals surface area contributed by atoms with E-state index in [1.165, 1.54) is 0 Å². The van der Waals surface area contributed by atoms with Crippen LogP contribution >= 0.6 is 0 Å². The summed E-state index contributed by atoms with van der Waals surface area (Å²) in [5.74, 6) is 0.419. The van der Waals surface area contributed by atoms with Crippen LogP contribution in [0, 0.1) is 5.92 Å². The standard InChI is InChI=1S/C17H22N4O/c1-12(18)14-8-5-9-21(11-14)17(22)15-10-19-20-16(15)13-6-3-2-4-7-13/h2-4,6-7,10,12,14H,5,8-9,11,18H2,1H3,(H,19,20)/t12-,14-/m0/s1. The number of hydrogen-bond acceptors (Lipinski definition) is 3. The van der Waals surface area contributed by atoms with Crippen LogP contribution in [-0.2, 0) is 0 Å². The number of H-pyrrole nitrogens is 1. The van der Waals surface area contributed by atoms with Crippen LogP contribution in [0.15, 0.2) is 36.5 Å². The van der Waals surface area contributed by atoms with Crippen LogP contribution in [0.4, 0.5) is 0 Å². The first-order valence-electron chi connectivity index (χ1n) is 7.80. The van der Waals surface area contributed by atoms with Gasteiger partial charge in [0.05, 0.1) is 17.5 Å². The van der Waals surface area contributed by atoms with Gasteiger partial charge in [-0.3, -0.25) is 9.89 Å². The molecule has 2 atom stereocenters. The van der Waals surface area contributed by atoms with Crippen molar-refractivity contribution in [3.63, 3.8) is 0 Å². The Hall–Kier alpha value is -2.14. The summed E-state index contributed by atoms with van der Waals surface area (Å²) in [4.78, 5) is 14.8. The highest BCUT2D eigenvalue weighted by Gasteiger charge is 2.28. The zero-order valence-electron chi connectivity index (χ0n) is 12.8. The maximum atomic E-state index is 12.8. The van der Waals surface area contributed by atoms with Gasteiger partial charge >= 0.3 is 0 Å². The molecule has 1 aliphatic rings. The lowest BCUT2D eigenvalue weighted by Crippen LogP contribution is -2.45. The Morgan fingerprint density at radius 1 is 1.41 bits per heavy atom. The molecule has 5 heteroatoms. The number of likely N-dealkylation sites (tertiary alicyclic amines) is 1. The molecule has 0 saturated carbocycles. The molecule has 1 saturated heterocycles. The van der Waals surface area contributed by atoms with Crippen LogP contribution in [-0.4, -0.2) is 40.1 Å². The molecular formula is C17H22N4O. The average Bonchev–Trinajstić information content (AvgIpc) is 3.04. The molecule has 2 heterocycles. The molecule has 5 nitrogen and oxygen atoms in total. The van der Waals surface area contributed by atoms with E-state index in [1.807, 2.05) is 42.2 Å². The number of carbonyl (C=O) groups excluding carboxylic acids is 1. The first-order valence-corrected chi connectivity index (χ1v) is 7.80. The van der Waals surface area contributed by atoms with Crippen LogP contribution in [0.5, 0.6) is 0 Å². The number of carbonyl (C=O) groups is 1. The lowest BCUT2D eigenvalue weighted by Gasteiger charge is -2.34. The second-order valence-electron chi connectivity index (χ2n) is 6.04. The van der Waals surface area contributed by atoms with Crippen molar-refractivity contribution in [2.75, 3.05) is 13.1 Å². The summed E-state index contributed by atoms with van der Waals surface area (Å²) in [5.41, 5.74) is 8.41. The Morgan fingerprint density at radius 3 is 2.91 bits per heavy atom. The van der Waals surface area contributed by atoms with E-state index in [-0.39, 0.29) is 11.9 Å². The third kappa shape index (κ3) is 2.90. The Labute approximate surface area is 130 Å². The molecule has 2 aromatic rings. The number of rotatable bonds is 3. The van der Waals surface area contributed by atoms with Crippen LogP contribution in [0.25, 0.3) is 11.3 Å². The molecule has 1 aromatic heterocycles. The van der Waals surface area contributed by atoms with Gasteiger partial charge in [-0.2, -0.15) is 5.10 Å². The van der Waals surface area contributed by atoms with Gasteiger partial charge in [0.1, 0.15) is 0 Å². The number of aromatic amines is 1. The highest BCUT2D eigenvalue weighted by molar-refractivity contribution is 5.99. The van der Waals surface area contributed by atoms with E-state index < -0.39 is 0 Å². The van der Waals surface area contributed by atoms with E-state index in [2.05, 4.69) is 10.2 Å². The Kier molecular flexibility index (Phi) is 4.24. The highest BCUT2D eigenvalue weighted by Crippen LogP contribution is 2.25. The minimum Gasteiger partial charge on any atom is -0.338 e. The number of nitrogens with zero attached hydrogens (tertiary/aromatic N) is 2. The van der Waals surface area contributed by atoms with Crippen LogP contribution < -0.4 is 5.73 Å². The van der Waals surface area contributed by atoms with Gasteiger partial charge in [0.25, 0.3) is 5.91 Å². The topological polar surface area (TPSA) is 75.0 Å². The molecule has 3 rings (SSSR count). The second-order valence-corrected chi connectivity index (χ2v) is 6.04. The SMILES string of the molecule is C[C@H](N)[C@H]1CCCN(C(=O)c2cn[nH]c2-c2ccccc2)C1. The van der Waals surface area contributed by atoms with Gasteiger partial charge in [0, 0.05) is 24.7 Å². The molecule has 1 aromatic carbocycles. The molecular weight excluding hydrogens is 276 g/mol. The van der Waals surface area contributed by atoms with Crippen LogP contribution in [0.3, 0.4) is 0 Å². The first-order chi connectivity index (χ1) is 10.7. The van der Waals surface area contributed by atoms with Crippen molar-refractivity contribution >= 4 is 5.91 Å². The molecule has 1 amide bonds. The van der Waals surface area contributed by atoms with E-state index in [0.29, 0.717) is 11.5 Å². The van der Waals surface area contributed by atoms with E-state index in [1.54, 1.807) is 6.20 Å². The first kappa shape index (κ1) is 14.8. The Bertz CT molecular complexity index is 635. The average molecular weight is 298 g/mol. The summed E-state index contributed by atoms with van der Waals surface area (Å²) >= 11 is 0. The quantitative estimate of drug-likeness (QED) is 0.913. The fraction of sp³-hybridized carbons (Fsp3) is 0.412. The number of aromatic nitrogens is 2. The zero-order valence-corrected chi connectivity index (χ0v) is 12.8. The summed E-state index contributed by atoms with van der Waals surface area (Å²) in [6, 6.07) is 9.94. The second kappa shape index (κ2) is 6.32. The van der Waals surface area contributed by atoms with Gasteiger partial charge in [0.2, 0.25) is 0 Å². The number of piperidine rings is 1. The number of benzene rings is 1. The molecule has 0 unspecified atom stereocenters. The summed E-state index contributed by atoms with van der Waals surface area (Å²) in [5, 5.41) is 7.03. The van der Waals surface area contributed by atoms with Crippen molar-refractivity contribution in [3.05, 3.63) is 42.1 Å². The van der Waals surface area contributed by atoms with Gasteiger partial charge in [-0.15, -0.1) is 0 Å². The number of amides is 1. The fourth-order valence-corrected chi connectivity index (χ4v) is 3.07. The molecule has 0 aliphatic carbocycles. The van der Waals surface area contributed by atoms with Crippen molar-refractivity contribution in [2.45, 2.75) is 25.8 Å². The molecule has 1 fully saturated rings. The lowest BCUT2D eigenvalue weighted by molar-refractivity contribution is 0.0662. The smallest absolute Gasteiger partial charge is 0.257 e. The highest BCUT2D eigenvalue weighted by atomic mass is 16.2. The van der Waals surface area contributed by atoms with Gasteiger partial charge < -0.3 is 10.6 Å². The largest absolute Gasteiger partial charge is 0.338 e. The third-order valence-corrected chi connectivity index (χ3v) is 4.42. The van der Waals surface area contributed by atoms with Crippen LogP contribution in [0.2, 0.25) is 0 Å². The van der Waals surface area contributed by atoms with Gasteiger partial charge in [-0.05, 0) is 25.7 Å². The van der Waals surface area contributed by atoms with Gasteiger partial charge in [0.15, 0.2) is 0 Å². The minimum atomic E-state index is 0.0398. The molecule has 3 N–H and O–H groups in total. The van der Waals surface area contributed by atoms with E-state index >= 15 is 0 Å². The summed E-state index contributed by atoms with van der Waals surface area (Å²) < 4.78 is 0. The van der Waals surface area contributed by atoms with Crippen LogP contribution in [0.1, 0.15) is 30.1 Å². The molecule has 0 radical (unpaired) electrons. The molecule has 0 bridgehead atoms. The normalized spacial score (nSPS) is 19.9. The van der Waals surface area contributed by atoms with Crippen molar-refractivity contribution in [2.24, 2.45) is 11.7 Å². The van der Waals surface area contributed by atoms with Crippen molar-refractivity contribution in [1.82, 2.24) is 15.1 Å². The summed E-state index contributed by atoms with van der Waals surface area (Å²) in [7, 11) is 0. The van der Waals surface area contributed by atoms with Crippen molar-refractivity contribution in [1.29, 1.82) is 0 Å². The third-order valence-electron chi connectivity index (χ3n) is 4.42. The zero-order chi connectivity index (χ0) is 15.5. The molecule has 116 valence electrons. The minimum absolute atomic E-state index is 0.0398.